The van der Waals surface area contributed by atoms with E-state index in [1.807, 2.05) is 12.1 Å². The lowest BCUT2D eigenvalue weighted by atomic mass is 10.3. The highest BCUT2D eigenvalue weighted by Crippen LogP contribution is 2.09. The van der Waals surface area contributed by atoms with Crippen LogP contribution in [0.25, 0.3) is 0 Å². The van der Waals surface area contributed by atoms with Crippen LogP contribution < -0.4 is 10.1 Å². The second-order valence-electron chi connectivity index (χ2n) is 2.82. The van der Waals surface area contributed by atoms with Crippen molar-refractivity contribution in [1.29, 1.82) is 0 Å². The summed E-state index contributed by atoms with van der Waals surface area (Å²) in [4.78, 5) is 4.04. The molecule has 0 bridgehead atoms. The first kappa shape index (κ1) is 7.55. The van der Waals surface area contributed by atoms with Gasteiger partial charge in [-0.25, -0.2) is 4.98 Å². The Kier molecular flexibility index (Phi) is 2.23. The molecule has 63 valence electrons. The molecule has 1 atom stereocenters. The minimum absolute atomic E-state index is 0.274. The fourth-order valence-corrected chi connectivity index (χ4v) is 1.26. The van der Waals surface area contributed by atoms with E-state index < -0.39 is 0 Å². The molecule has 0 amide bonds. The molecule has 1 fully saturated rings. The number of hydrogen-bond donors (Lipinski definition) is 1. The van der Waals surface area contributed by atoms with E-state index in [9.17, 15) is 0 Å². The third kappa shape index (κ3) is 1.74. The van der Waals surface area contributed by atoms with E-state index in [0.717, 1.165) is 19.5 Å². The molecule has 0 aromatic carbocycles. The zero-order chi connectivity index (χ0) is 8.23. The lowest BCUT2D eigenvalue weighted by Crippen LogP contribution is -2.19. The zero-order valence-electron chi connectivity index (χ0n) is 6.79. The molecule has 1 unspecified atom stereocenters. The lowest BCUT2D eigenvalue weighted by molar-refractivity contribution is 0.213. The fraction of sp³-hybridized carbons (Fsp3) is 0.444. The molecule has 3 nitrogen and oxygen atoms in total. The Labute approximate surface area is 71.8 Å². The largest absolute Gasteiger partial charge is 0.473 e. The maximum Gasteiger partial charge on any atom is 0.221 e. The van der Waals surface area contributed by atoms with Gasteiger partial charge in [-0.1, -0.05) is 0 Å². The third-order valence-corrected chi connectivity index (χ3v) is 1.87. The molecular formula is C9H11N2O. The van der Waals surface area contributed by atoms with Gasteiger partial charge in [-0.3, -0.25) is 0 Å². The number of ether oxygens (including phenoxy) is 1. The maximum atomic E-state index is 5.55. The van der Waals surface area contributed by atoms with E-state index in [-0.39, 0.29) is 6.10 Å². The van der Waals surface area contributed by atoms with Gasteiger partial charge >= 0.3 is 0 Å². The number of rotatable bonds is 2. The van der Waals surface area contributed by atoms with Crippen molar-refractivity contribution in [2.24, 2.45) is 0 Å². The van der Waals surface area contributed by atoms with E-state index >= 15 is 0 Å². The molecule has 3 heteroatoms. The molecule has 1 aliphatic rings. The highest BCUT2D eigenvalue weighted by Gasteiger charge is 2.15. The van der Waals surface area contributed by atoms with Crippen LogP contribution in [0.4, 0.5) is 0 Å². The SMILES string of the molecule is [c]1cccnc1OC1CCNC1. The van der Waals surface area contributed by atoms with Crippen LogP contribution in [-0.4, -0.2) is 24.2 Å². The van der Waals surface area contributed by atoms with Crippen LogP contribution in [-0.2, 0) is 0 Å². The molecule has 0 spiro atoms. The van der Waals surface area contributed by atoms with Crippen molar-refractivity contribution in [2.45, 2.75) is 12.5 Å². The highest BCUT2D eigenvalue weighted by molar-refractivity contribution is 5.07. The number of aromatic nitrogens is 1. The summed E-state index contributed by atoms with van der Waals surface area (Å²) in [5.41, 5.74) is 0. The Bertz CT molecular complexity index is 232. The van der Waals surface area contributed by atoms with Gasteiger partial charge in [0.15, 0.2) is 0 Å². The molecule has 1 N–H and O–H groups in total. The van der Waals surface area contributed by atoms with E-state index in [1.165, 1.54) is 0 Å². The molecule has 2 heterocycles. The highest BCUT2D eigenvalue weighted by atomic mass is 16.5. The van der Waals surface area contributed by atoms with Gasteiger partial charge in [0.1, 0.15) is 6.10 Å². The molecule has 1 aromatic heterocycles. The Hall–Kier alpha value is -1.09. The summed E-state index contributed by atoms with van der Waals surface area (Å²) in [6.45, 7) is 1.96. The van der Waals surface area contributed by atoms with Gasteiger partial charge in [-0.15, -0.1) is 0 Å². The standard InChI is InChI=1S/C9H11N2O/c1-2-5-11-9(3-1)12-8-4-6-10-7-8/h1-2,5,8,10H,4,6-7H2. The molecule has 1 radical (unpaired) electrons. The van der Waals surface area contributed by atoms with Crippen molar-refractivity contribution in [1.82, 2.24) is 10.3 Å². The van der Waals surface area contributed by atoms with Crippen molar-refractivity contribution in [3.63, 3.8) is 0 Å². The smallest absolute Gasteiger partial charge is 0.221 e. The number of pyridine rings is 1. The number of hydrogen-bond acceptors (Lipinski definition) is 3. The average Bonchev–Trinajstić information content (AvgIpc) is 2.59. The van der Waals surface area contributed by atoms with Gasteiger partial charge in [-0.2, -0.15) is 0 Å². The molecule has 1 aromatic rings. The second kappa shape index (κ2) is 3.54. The first-order valence-electron chi connectivity index (χ1n) is 4.15. The fourth-order valence-electron chi connectivity index (χ4n) is 1.26. The van der Waals surface area contributed by atoms with E-state index in [0.29, 0.717) is 5.88 Å². The molecule has 1 saturated heterocycles. The summed E-state index contributed by atoms with van der Waals surface area (Å²) in [6, 6.07) is 6.58. The summed E-state index contributed by atoms with van der Waals surface area (Å²) in [5.74, 6) is 0.603. The van der Waals surface area contributed by atoms with Crippen LogP contribution in [0.15, 0.2) is 18.3 Å². The normalized spacial score (nSPS) is 22.5. The minimum atomic E-state index is 0.274. The van der Waals surface area contributed by atoms with E-state index in [4.69, 9.17) is 4.74 Å². The average molecular weight is 163 g/mol. The van der Waals surface area contributed by atoms with Gasteiger partial charge in [0.05, 0.1) is 0 Å². The van der Waals surface area contributed by atoms with Gasteiger partial charge in [-0.05, 0) is 25.1 Å². The quantitative estimate of drug-likeness (QED) is 0.694. The monoisotopic (exact) mass is 163 g/mol. The van der Waals surface area contributed by atoms with Crippen LogP contribution in [0.5, 0.6) is 5.88 Å². The van der Waals surface area contributed by atoms with Gasteiger partial charge in [0.2, 0.25) is 5.88 Å². The third-order valence-electron chi connectivity index (χ3n) is 1.87. The number of nitrogens with one attached hydrogen (secondary N) is 1. The molecule has 12 heavy (non-hydrogen) atoms. The van der Waals surface area contributed by atoms with Crippen LogP contribution in [0.3, 0.4) is 0 Å². The van der Waals surface area contributed by atoms with E-state index in [1.54, 1.807) is 6.20 Å². The summed E-state index contributed by atoms with van der Waals surface area (Å²) >= 11 is 0. The van der Waals surface area contributed by atoms with Crippen molar-refractivity contribution in [2.75, 3.05) is 13.1 Å². The summed E-state index contributed by atoms with van der Waals surface area (Å²) in [6.07, 6.45) is 3.05. The lowest BCUT2D eigenvalue weighted by Gasteiger charge is -2.09. The van der Waals surface area contributed by atoms with Gasteiger partial charge in [0.25, 0.3) is 0 Å². The summed E-state index contributed by atoms with van der Waals surface area (Å²) in [5, 5.41) is 3.23. The van der Waals surface area contributed by atoms with E-state index in [2.05, 4.69) is 16.4 Å². The predicted octanol–water partition coefficient (Wildman–Crippen LogP) is 0.622. The van der Waals surface area contributed by atoms with Crippen LogP contribution >= 0.6 is 0 Å². The predicted molar refractivity (Wildman–Crippen MR) is 45.0 cm³/mol. The summed E-state index contributed by atoms with van der Waals surface area (Å²) in [7, 11) is 0. The molecule has 0 aliphatic carbocycles. The first-order chi connectivity index (χ1) is 5.95. The maximum absolute atomic E-state index is 5.55. The first-order valence-corrected chi connectivity index (χ1v) is 4.15. The van der Waals surface area contributed by atoms with Gasteiger partial charge < -0.3 is 10.1 Å². The Balaban J connectivity index is 1.94. The van der Waals surface area contributed by atoms with Gasteiger partial charge in [0, 0.05) is 18.8 Å². The zero-order valence-corrected chi connectivity index (χ0v) is 6.79. The topological polar surface area (TPSA) is 34.1 Å². The van der Waals surface area contributed by atoms with Crippen LogP contribution in [0.2, 0.25) is 0 Å². The Morgan fingerprint density at radius 3 is 3.33 bits per heavy atom. The Morgan fingerprint density at radius 1 is 1.67 bits per heavy atom. The molecule has 2 rings (SSSR count). The minimum Gasteiger partial charge on any atom is -0.473 e. The van der Waals surface area contributed by atoms with Crippen molar-refractivity contribution < 1.29 is 4.74 Å². The summed E-state index contributed by atoms with van der Waals surface area (Å²) < 4.78 is 5.55. The van der Waals surface area contributed by atoms with Crippen LogP contribution in [0, 0.1) is 6.07 Å². The number of nitrogens with zero attached hydrogens (tertiary/aromatic N) is 1. The van der Waals surface area contributed by atoms with Crippen molar-refractivity contribution >= 4 is 0 Å². The molecule has 1 aliphatic heterocycles. The Morgan fingerprint density at radius 2 is 2.67 bits per heavy atom. The van der Waals surface area contributed by atoms with Crippen molar-refractivity contribution in [3.05, 3.63) is 24.4 Å². The van der Waals surface area contributed by atoms with Crippen LogP contribution in [0.1, 0.15) is 6.42 Å². The molecular weight excluding hydrogens is 152 g/mol. The second-order valence-corrected chi connectivity index (χ2v) is 2.82. The molecule has 0 saturated carbocycles. The van der Waals surface area contributed by atoms with Crippen molar-refractivity contribution in [3.8, 4) is 5.88 Å².